The molecule has 5 N–H and O–H groups in total. The molecule has 9 heteroatoms. The summed E-state index contributed by atoms with van der Waals surface area (Å²) >= 11 is 5.97. The maximum Gasteiger partial charge on any atom is 0.169 e. The summed E-state index contributed by atoms with van der Waals surface area (Å²) in [7, 11) is 0. The lowest BCUT2D eigenvalue weighted by molar-refractivity contribution is -0.118. The van der Waals surface area contributed by atoms with E-state index in [2.05, 4.69) is 10.2 Å². The van der Waals surface area contributed by atoms with Crippen molar-refractivity contribution in [1.82, 2.24) is 14.6 Å². The van der Waals surface area contributed by atoms with Crippen LogP contribution in [0.15, 0.2) is 30.3 Å². The average Bonchev–Trinajstić information content (AvgIpc) is 3.03. The van der Waals surface area contributed by atoms with Crippen LogP contribution in [0.25, 0.3) is 16.6 Å². The molecule has 2 aromatic heterocycles. The summed E-state index contributed by atoms with van der Waals surface area (Å²) in [5.41, 5.74) is 1.09. The monoisotopic (exact) mass is 353 g/mol. The molecule has 3 aromatic rings. The molecule has 0 saturated carbocycles. The van der Waals surface area contributed by atoms with Crippen molar-refractivity contribution < 1.29 is 25.5 Å². The maximum atomic E-state index is 10.4. The van der Waals surface area contributed by atoms with Gasteiger partial charge in [-0.25, -0.2) is 0 Å². The van der Waals surface area contributed by atoms with E-state index in [1.54, 1.807) is 30.3 Å². The molecule has 24 heavy (non-hydrogen) atoms. The summed E-state index contributed by atoms with van der Waals surface area (Å²) in [6.45, 7) is -0.757. The first kappa shape index (κ1) is 17.0. The third-order valence-electron chi connectivity index (χ3n) is 3.87. The van der Waals surface area contributed by atoms with Crippen molar-refractivity contribution >= 4 is 28.2 Å². The van der Waals surface area contributed by atoms with E-state index < -0.39 is 31.0 Å². The Balaban J connectivity index is 2.09. The molecule has 4 atom stereocenters. The zero-order valence-electron chi connectivity index (χ0n) is 12.4. The molecule has 0 saturated heterocycles. The van der Waals surface area contributed by atoms with Crippen LogP contribution in [0.1, 0.15) is 11.9 Å². The van der Waals surface area contributed by atoms with Gasteiger partial charge in [-0.2, -0.15) is 0 Å². The fourth-order valence-electron chi connectivity index (χ4n) is 2.56. The normalized spacial score (nSPS) is 17.1. The number of rotatable bonds is 5. The molecule has 1 aromatic carbocycles. The second kappa shape index (κ2) is 6.60. The highest BCUT2D eigenvalue weighted by Crippen LogP contribution is 2.25. The lowest BCUT2D eigenvalue weighted by Crippen LogP contribution is -2.43. The lowest BCUT2D eigenvalue weighted by Gasteiger charge is -2.24. The molecule has 0 aliphatic carbocycles. The van der Waals surface area contributed by atoms with Gasteiger partial charge < -0.3 is 25.5 Å². The van der Waals surface area contributed by atoms with Gasteiger partial charge in [-0.05, 0) is 30.3 Å². The van der Waals surface area contributed by atoms with Crippen LogP contribution in [-0.4, -0.2) is 65.0 Å². The Morgan fingerprint density at radius 2 is 1.75 bits per heavy atom. The number of hydrogen-bond donors (Lipinski definition) is 5. The van der Waals surface area contributed by atoms with Crippen LogP contribution >= 0.6 is 11.6 Å². The number of fused-ring (bicyclic) bond motifs is 3. The fraction of sp³-hybridized carbons (Fsp3) is 0.333. The molecular formula is C15H16ClN3O5. The van der Waals surface area contributed by atoms with Crippen molar-refractivity contribution in [2.75, 3.05) is 6.61 Å². The van der Waals surface area contributed by atoms with Crippen LogP contribution in [0.5, 0.6) is 0 Å². The van der Waals surface area contributed by atoms with E-state index in [1.165, 1.54) is 4.40 Å². The first-order valence-corrected chi connectivity index (χ1v) is 7.58. The molecule has 0 radical (unpaired) electrons. The number of nitrogens with zero attached hydrogens (tertiary/aromatic N) is 3. The molecule has 0 spiro atoms. The van der Waals surface area contributed by atoms with E-state index in [1.807, 2.05) is 0 Å². The number of aliphatic hydroxyl groups excluding tert-OH is 5. The summed E-state index contributed by atoms with van der Waals surface area (Å²) in [6.07, 6.45) is -6.73. The Morgan fingerprint density at radius 1 is 1.00 bits per heavy atom. The van der Waals surface area contributed by atoms with Crippen molar-refractivity contribution in [2.45, 2.75) is 24.4 Å². The number of hydrogen-bond acceptors (Lipinski definition) is 7. The summed E-state index contributed by atoms with van der Waals surface area (Å²) in [5, 5.41) is 57.6. The predicted molar refractivity (Wildman–Crippen MR) is 85.6 cm³/mol. The largest absolute Gasteiger partial charge is 0.394 e. The van der Waals surface area contributed by atoms with Gasteiger partial charge in [0.25, 0.3) is 0 Å². The minimum Gasteiger partial charge on any atom is -0.394 e. The van der Waals surface area contributed by atoms with E-state index >= 15 is 0 Å². The Labute approximate surface area is 141 Å². The molecule has 0 fully saturated rings. The summed E-state index contributed by atoms with van der Waals surface area (Å²) in [5.74, 6) is -0.00499. The highest BCUT2D eigenvalue weighted by Gasteiger charge is 2.33. The van der Waals surface area contributed by atoms with Gasteiger partial charge in [-0.1, -0.05) is 11.6 Å². The van der Waals surface area contributed by atoms with Gasteiger partial charge in [0.1, 0.15) is 24.4 Å². The van der Waals surface area contributed by atoms with Gasteiger partial charge in [-0.3, -0.25) is 4.40 Å². The number of halogens is 1. The quantitative estimate of drug-likeness (QED) is 0.423. The molecule has 0 aliphatic heterocycles. The van der Waals surface area contributed by atoms with E-state index in [-0.39, 0.29) is 5.82 Å². The van der Waals surface area contributed by atoms with Crippen molar-refractivity contribution in [3.05, 3.63) is 41.2 Å². The van der Waals surface area contributed by atoms with E-state index in [9.17, 15) is 20.4 Å². The summed E-state index contributed by atoms with van der Waals surface area (Å²) in [6, 6.07) is 8.58. The van der Waals surface area contributed by atoms with Crippen molar-refractivity contribution in [1.29, 1.82) is 0 Å². The van der Waals surface area contributed by atoms with Gasteiger partial charge in [0.2, 0.25) is 0 Å². The molecule has 128 valence electrons. The minimum absolute atomic E-state index is 0.00499. The lowest BCUT2D eigenvalue weighted by atomic mass is 10.0. The molecule has 0 amide bonds. The number of pyridine rings is 1. The van der Waals surface area contributed by atoms with Crippen molar-refractivity contribution in [3.8, 4) is 0 Å². The molecule has 0 aliphatic rings. The summed E-state index contributed by atoms with van der Waals surface area (Å²) < 4.78 is 1.53. The van der Waals surface area contributed by atoms with E-state index in [4.69, 9.17) is 16.7 Å². The van der Waals surface area contributed by atoms with Crippen LogP contribution < -0.4 is 0 Å². The number of aliphatic hydroxyl groups is 5. The van der Waals surface area contributed by atoms with Crippen LogP contribution in [-0.2, 0) is 0 Å². The number of aromatic nitrogens is 3. The Kier molecular flexibility index (Phi) is 4.68. The second-order valence-electron chi connectivity index (χ2n) is 5.46. The molecule has 8 nitrogen and oxygen atoms in total. The Hall–Kier alpha value is -1.81. The fourth-order valence-corrected chi connectivity index (χ4v) is 2.74. The Bertz CT molecular complexity index is 871. The minimum atomic E-state index is -1.76. The van der Waals surface area contributed by atoms with Gasteiger partial charge in [0, 0.05) is 10.4 Å². The zero-order chi connectivity index (χ0) is 17.4. The highest BCUT2D eigenvalue weighted by molar-refractivity contribution is 6.31. The molecule has 3 rings (SSSR count). The highest BCUT2D eigenvalue weighted by atomic mass is 35.5. The molecule has 0 unspecified atom stereocenters. The first-order valence-electron chi connectivity index (χ1n) is 7.20. The van der Waals surface area contributed by atoms with E-state index in [0.717, 1.165) is 5.39 Å². The van der Waals surface area contributed by atoms with Crippen LogP contribution in [0.2, 0.25) is 5.02 Å². The van der Waals surface area contributed by atoms with Crippen molar-refractivity contribution in [3.63, 3.8) is 0 Å². The van der Waals surface area contributed by atoms with Gasteiger partial charge in [-0.15, -0.1) is 10.2 Å². The average molecular weight is 354 g/mol. The third-order valence-corrected chi connectivity index (χ3v) is 4.11. The molecule has 2 heterocycles. The van der Waals surface area contributed by atoms with Gasteiger partial charge in [0.05, 0.1) is 12.1 Å². The topological polar surface area (TPSA) is 131 Å². The zero-order valence-corrected chi connectivity index (χ0v) is 13.1. The van der Waals surface area contributed by atoms with Crippen LogP contribution in [0.4, 0.5) is 0 Å². The van der Waals surface area contributed by atoms with E-state index in [0.29, 0.717) is 16.2 Å². The van der Waals surface area contributed by atoms with Crippen LogP contribution in [0.3, 0.4) is 0 Å². The maximum absolute atomic E-state index is 10.4. The molecule has 0 bridgehead atoms. The third kappa shape index (κ3) is 2.84. The second-order valence-corrected chi connectivity index (χ2v) is 5.90. The standard InChI is InChI=1S/C15H16ClN3O5/c16-8-2-3-9-7(5-8)1-4-11-17-18-15(19(9)11)14(24)13(23)12(22)10(21)6-20/h1-5,10,12-14,20-24H,6H2/t10-,12+,13+,14-/m1/s1. The van der Waals surface area contributed by atoms with Crippen molar-refractivity contribution in [2.24, 2.45) is 0 Å². The van der Waals surface area contributed by atoms with Crippen LogP contribution in [0, 0.1) is 0 Å². The summed E-state index contributed by atoms with van der Waals surface area (Å²) in [4.78, 5) is 0. The molecular weight excluding hydrogens is 338 g/mol. The van der Waals surface area contributed by atoms with Gasteiger partial charge >= 0.3 is 0 Å². The number of benzene rings is 1. The predicted octanol–water partition coefficient (Wildman–Crippen LogP) is -0.356. The smallest absolute Gasteiger partial charge is 0.169 e. The SMILES string of the molecule is OC[C@@H](O)[C@H](O)[C@H](O)[C@@H](O)c1nnc2ccc3cc(Cl)ccc3n12. The first-order chi connectivity index (χ1) is 11.4. The Morgan fingerprint density at radius 3 is 2.46 bits per heavy atom. The van der Waals surface area contributed by atoms with Gasteiger partial charge in [0.15, 0.2) is 11.5 Å².